The van der Waals surface area contributed by atoms with Crippen molar-refractivity contribution >= 4 is 0 Å². The van der Waals surface area contributed by atoms with Gasteiger partial charge < -0.3 is 10.2 Å². The summed E-state index contributed by atoms with van der Waals surface area (Å²) in [5, 5.41) is 3.32. The molecular formula is C15H20F2N2. The summed E-state index contributed by atoms with van der Waals surface area (Å²) in [5.41, 5.74) is 0.476. The van der Waals surface area contributed by atoms with Crippen molar-refractivity contribution in [1.29, 1.82) is 0 Å². The lowest BCUT2D eigenvalue weighted by Gasteiger charge is -2.36. The molecule has 1 aromatic carbocycles. The minimum atomic E-state index is -0.360. The van der Waals surface area contributed by atoms with Gasteiger partial charge in [0.05, 0.1) is 0 Å². The zero-order valence-electron chi connectivity index (χ0n) is 11.0. The predicted molar refractivity (Wildman–Crippen MR) is 70.9 cm³/mol. The third-order valence-corrected chi connectivity index (χ3v) is 4.37. The van der Waals surface area contributed by atoms with Crippen LogP contribution in [0.4, 0.5) is 8.78 Å². The van der Waals surface area contributed by atoms with E-state index in [0.717, 1.165) is 32.5 Å². The van der Waals surface area contributed by atoms with Gasteiger partial charge in [-0.1, -0.05) is 0 Å². The molecule has 0 bridgehead atoms. The Balaban J connectivity index is 1.75. The second-order valence-corrected chi connectivity index (χ2v) is 5.59. The van der Waals surface area contributed by atoms with Gasteiger partial charge in [-0.2, -0.15) is 0 Å². The Morgan fingerprint density at radius 1 is 1.16 bits per heavy atom. The first-order valence-corrected chi connectivity index (χ1v) is 7.16. The third kappa shape index (κ3) is 2.79. The van der Waals surface area contributed by atoms with Crippen LogP contribution in [-0.4, -0.2) is 30.6 Å². The predicted octanol–water partition coefficient (Wildman–Crippen LogP) is 2.85. The summed E-state index contributed by atoms with van der Waals surface area (Å²) >= 11 is 0. The van der Waals surface area contributed by atoms with Crippen LogP contribution in [0, 0.1) is 11.6 Å². The molecule has 1 N–H and O–H groups in total. The van der Waals surface area contributed by atoms with Crippen LogP contribution in [0.2, 0.25) is 0 Å². The Bertz CT molecular complexity index is 444. The number of halogens is 2. The van der Waals surface area contributed by atoms with E-state index in [1.807, 2.05) is 0 Å². The molecular weight excluding hydrogens is 246 g/mol. The Morgan fingerprint density at radius 3 is 2.74 bits per heavy atom. The zero-order chi connectivity index (χ0) is 13.2. The summed E-state index contributed by atoms with van der Waals surface area (Å²) in [7, 11) is 0. The van der Waals surface area contributed by atoms with E-state index >= 15 is 0 Å². The van der Waals surface area contributed by atoms with E-state index in [0.29, 0.717) is 11.6 Å². The van der Waals surface area contributed by atoms with E-state index in [4.69, 9.17) is 0 Å². The number of likely N-dealkylation sites (tertiary alicyclic amines) is 1. The Morgan fingerprint density at radius 2 is 1.95 bits per heavy atom. The van der Waals surface area contributed by atoms with Gasteiger partial charge in [0.25, 0.3) is 0 Å². The number of piperidine rings is 1. The summed E-state index contributed by atoms with van der Waals surface area (Å²) in [6, 6.07) is 4.19. The molecule has 2 heterocycles. The van der Waals surface area contributed by atoms with E-state index in [1.165, 1.54) is 31.0 Å². The molecule has 2 atom stereocenters. The molecule has 104 valence electrons. The topological polar surface area (TPSA) is 15.3 Å². The second-order valence-electron chi connectivity index (χ2n) is 5.59. The number of rotatable bonds is 2. The molecule has 0 radical (unpaired) electrons. The van der Waals surface area contributed by atoms with Crippen LogP contribution in [0.5, 0.6) is 0 Å². The van der Waals surface area contributed by atoms with Crippen molar-refractivity contribution in [2.45, 2.75) is 37.8 Å². The van der Waals surface area contributed by atoms with Crippen LogP contribution in [0.25, 0.3) is 0 Å². The summed E-state index contributed by atoms with van der Waals surface area (Å²) in [5.74, 6) is -0.664. The van der Waals surface area contributed by atoms with E-state index in [2.05, 4.69) is 10.2 Å². The van der Waals surface area contributed by atoms with Gasteiger partial charge in [-0.15, -0.1) is 0 Å². The first-order chi connectivity index (χ1) is 9.24. The van der Waals surface area contributed by atoms with E-state index < -0.39 is 0 Å². The van der Waals surface area contributed by atoms with Crippen molar-refractivity contribution in [2.75, 3.05) is 19.6 Å². The maximum absolute atomic E-state index is 13.8. The second kappa shape index (κ2) is 5.55. The zero-order valence-corrected chi connectivity index (χ0v) is 11.0. The summed E-state index contributed by atoms with van der Waals surface area (Å²) in [4.78, 5) is 2.51. The summed E-state index contributed by atoms with van der Waals surface area (Å²) in [6.07, 6.45) is 4.51. The molecule has 0 spiro atoms. The molecule has 2 nitrogen and oxygen atoms in total. The monoisotopic (exact) mass is 266 g/mol. The number of nitrogens with one attached hydrogen (secondary N) is 1. The highest BCUT2D eigenvalue weighted by Crippen LogP contribution is 2.29. The molecule has 2 aliphatic rings. The molecule has 4 heteroatoms. The summed E-state index contributed by atoms with van der Waals surface area (Å²) in [6.45, 7) is 3.19. The van der Waals surface area contributed by atoms with Crippen LogP contribution < -0.4 is 5.32 Å². The highest BCUT2D eigenvalue weighted by molar-refractivity contribution is 5.23. The van der Waals surface area contributed by atoms with Gasteiger partial charge in [-0.05, 0) is 63.5 Å². The number of benzene rings is 1. The molecule has 0 aromatic heterocycles. The Labute approximate surface area is 112 Å². The fraction of sp³-hybridized carbons (Fsp3) is 0.600. The molecule has 2 fully saturated rings. The molecule has 3 rings (SSSR count). The number of hydrogen-bond donors (Lipinski definition) is 1. The van der Waals surface area contributed by atoms with Crippen molar-refractivity contribution in [2.24, 2.45) is 0 Å². The van der Waals surface area contributed by atoms with Crippen molar-refractivity contribution in [3.63, 3.8) is 0 Å². The molecule has 0 unspecified atom stereocenters. The maximum atomic E-state index is 13.8. The van der Waals surface area contributed by atoms with Gasteiger partial charge in [-0.25, -0.2) is 8.78 Å². The van der Waals surface area contributed by atoms with Gasteiger partial charge in [0.1, 0.15) is 11.6 Å². The van der Waals surface area contributed by atoms with E-state index in [1.54, 1.807) is 0 Å². The molecule has 2 saturated heterocycles. The molecule has 19 heavy (non-hydrogen) atoms. The van der Waals surface area contributed by atoms with Crippen LogP contribution in [0.15, 0.2) is 18.2 Å². The van der Waals surface area contributed by atoms with Gasteiger partial charge in [-0.3, -0.25) is 0 Å². The van der Waals surface area contributed by atoms with Crippen molar-refractivity contribution in [3.05, 3.63) is 35.4 Å². The van der Waals surface area contributed by atoms with Gasteiger partial charge in [0, 0.05) is 17.6 Å². The lowest BCUT2D eigenvalue weighted by Crippen LogP contribution is -2.43. The van der Waals surface area contributed by atoms with Crippen LogP contribution in [-0.2, 0) is 0 Å². The molecule has 0 amide bonds. The van der Waals surface area contributed by atoms with Gasteiger partial charge in [0.15, 0.2) is 0 Å². The van der Waals surface area contributed by atoms with Gasteiger partial charge >= 0.3 is 0 Å². The average Bonchev–Trinajstić information content (AvgIpc) is 2.96. The largest absolute Gasteiger partial charge is 0.310 e. The minimum absolute atomic E-state index is 0.0601. The Kier molecular flexibility index (Phi) is 3.80. The van der Waals surface area contributed by atoms with E-state index in [-0.39, 0.29) is 17.7 Å². The maximum Gasteiger partial charge on any atom is 0.128 e. The SMILES string of the molecule is Fc1ccc(F)c([C@@H]2C[C@H](N3CCCC3)CCN2)c1. The number of hydrogen-bond acceptors (Lipinski definition) is 2. The lowest BCUT2D eigenvalue weighted by atomic mass is 9.92. The normalized spacial score (nSPS) is 28.7. The van der Waals surface area contributed by atoms with Crippen LogP contribution in [0.1, 0.15) is 37.3 Å². The highest BCUT2D eigenvalue weighted by Gasteiger charge is 2.29. The van der Waals surface area contributed by atoms with Crippen molar-refractivity contribution in [1.82, 2.24) is 10.2 Å². The average molecular weight is 266 g/mol. The van der Waals surface area contributed by atoms with Crippen LogP contribution in [0.3, 0.4) is 0 Å². The molecule has 2 aliphatic heterocycles. The standard InChI is InChI=1S/C15H20F2N2/c16-11-3-4-14(17)13(9-11)15-10-12(5-6-18-15)19-7-1-2-8-19/h3-4,9,12,15,18H,1-2,5-8,10H2/t12-,15+/m1/s1. The first-order valence-electron chi connectivity index (χ1n) is 7.16. The fourth-order valence-electron chi connectivity index (χ4n) is 3.35. The van der Waals surface area contributed by atoms with Gasteiger partial charge in [0.2, 0.25) is 0 Å². The minimum Gasteiger partial charge on any atom is -0.310 e. The van der Waals surface area contributed by atoms with Crippen molar-refractivity contribution < 1.29 is 8.78 Å². The fourth-order valence-corrected chi connectivity index (χ4v) is 3.35. The lowest BCUT2D eigenvalue weighted by molar-refractivity contribution is 0.173. The van der Waals surface area contributed by atoms with E-state index in [9.17, 15) is 8.78 Å². The smallest absolute Gasteiger partial charge is 0.128 e. The number of nitrogens with zero attached hydrogens (tertiary/aromatic N) is 1. The third-order valence-electron chi connectivity index (χ3n) is 4.37. The molecule has 1 aromatic rings. The van der Waals surface area contributed by atoms with Crippen LogP contribution >= 0.6 is 0 Å². The summed E-state index contributed by atoms with van der Waals surface area (Å²) < 4.78 is 27.1. The molecule has 0 saturated carbocycles. The quantitative estimate of drug-likeness (QED) is 0.885. The molecule has 0 aliphatic carbocycles. The Hall–Kier alpha value is -1.00. The highest BCUT2D eigenvalue weighted by atomic mass is 19.1. The van der Waals surface area contributed by atoms with Crippen molar-refractivity contribution in [3.8, 4) is 0 Å². The first kappa shape index (κ1) is 13.0.